The molecule has 0 aliphatic rings. The smallest absolute Gasteiger partial charge is 0.124 e. The highest BCUT2D eigenvalue weighted by Gasteiger charge is 2.06. The van der Waals surface area contributed by atoms with Crippen LogP contribution >= 0.6 is 15.9 Å². The van der Waals surface area contributed by atoms with Gasteiger partial charge in [-0.2, -0.15) is 0 Å². The molecule has 0 radical (unpaired) electrons. The molecule has 4 N–H and O–H groups in total. The summed E-state index contributed by atoms with van der Waals surface area (Å²) in [6.45, 7) is 4.10. The van der Waals surface area contributed by atoms with Crippen molar-refractivity contribution < 1.29 is 0 Å². The molecule has 4 heteroatoms. The SMILES string of the molecule is CC(C)Nc1ccc(Br)cc1C(=N)N. The molecule has 0 aliphatic carbocycles. The van der Waals surface area contributed by atoms with Crippen molar-refractivity contribution in [2.45, 2.75) is 19.9 Å². The molecule has 0 spiro atoms. The van der Waals surface area contributed by atoms with E-state index in [1.807, 2.05) is 32.0 Å². The highest BCUT2D eigenvalue weighted by molar-refractivity contribution is 9.10. The van der Waals surface area contributed by atoms with Gasteiger partial charge in [0, 0.05) is 21.8 Å². The summed E-state index contributed by atoms with van der Waals surface area (Å²) >= 11 is 3.35. The maximum atomic E-state index is 7.43. The quantitative estimate of drug-likeness (QED) is 0.575. The molecule has 1 aromatic carbocycles. The second-order valence-corrected chi connectivity index (χ2v) is 4.32. The zero-order valence-electron chi connectivity index (χ0n) is 8.26. The van der Waals surface area contributed by atoms with Crippen molar-refractivity contribution in [2.75, 3.05) is 5.32 Å². The largest absolute Gasteiger partial charge is 0.384 e. The predicted molar refractivity (Wildman–Crippen MR) is 63.9 cm³/mol. The third-order valence-electron chi connectivity index (χ3n) is 1.72. The fourth-order valence-electron chi connectivity index (χ4n) is 1.18. The lowest BCUT2D eigenvalue weighted by atomic mass is 10.1. The zero-order chi connectivity index (χ0) is 10.7. The summed E-state index contributed by atoms with van der Waals surface area (Å²) in [5, 5.41) is 10.7. The standard InChI is InChI=1S/C10H14BrN3/c1-6(2)14-9-4-3-7(11)5-8(9)10(12)13/h3-6,14H,1-2H3,(H3,12,13). The number of anilines is 1. The van der Waals surface area contributed by atoms with Crippen LogP contribution < -0.4 is 11.1 Å². The van der Waals surface area contributed by atoms with E-state index in [1.165, 1.54) is 0 Å². The Hall–Kier alpha value is -1.03. The van der Waals surface area contributed by atoms with Crippen LogP contribution in [0.4, 0.5) is 5.69 Å². The Bertz CT molecular complexity index is 347. The first kappa shape index (κ1) is 11.0. The van der Waals surface area contributed by atoms with Gasteiger partial charge < -0.3 is 11.1 Å². The van der Waals surface area contributed by atoms with E-state index >= 15 is 0 Å². The highest BCUT2D eigenvalue weighted by atomic mass is 79.9. The Kier molecular flexibility index (Phi) is 3.52. The van der Waals surface area contributed by atoms with Crippen molar-refractivity contribution in [3.63, 3.8) is 0 Å². The molecule has 0 fully saturated rings. The van der Waals surface area contributed by atoms with E-state index in [0.717, 1.165) is 15.7 Å². The van der Waals surface area contributed by atoms with Crippen molar-refractivity contribution in [1.29, 1.82) is 5.41 Å². The average Bonchev–Trinajstić information content (AvgIpc) is 2.07. The van der Waals surface area contributed by atoms with Gasteiger partial charge in [0.25, 0.3) is 0 Å². The number of rotatable bonds is 3. The summed E-state index contributed by atoms with van der Waals surface area (Å²) in [6, 6.07) is 6.01. The predicted octanol–water partition coefficient (Wildman–Crippen LogP) is 2.55. The van der Waals surface area contributed by atoms with Crippen molar-refractivity contribution in [3.05, 3.63) is 28.2 Å². The van der Waals surface area contributed by atoms with Crippen LogP contribution in [0.25, 0.3) is 0 Å². The number of nitrogen functional groups attached to an aromatic ring is 1. The van der Waals surface area contributed by atoms with Crippen LogP contribution in [0, 0.1) is 5.41 Å². The van der Waals surface area contributed by atoms with Crippen LogP contribution in [0.3, 0.4) is 0 Å². The van der Waals surface area contributed by atoms with E-state index in [9.17, 15) is 0 Å². The summed E-state index contributed by atoms with van der Waals surface area (Å²) < 4.78 is 0.928. The van der Waals surface area contributed by atoms with Crippen LogP contribution in [-0.4, -0.2) is 11.9 Å². The molecule has 0 amide bonds. The van der Waals surface area contributed by atoms with Crippen LogP contribution in [0.2, 0.25) is 0 Å². The Morgan fingerprint density at radius 3 is 2.64 bits per heavy atom. The minimum Gasteiger partial charge on any atom is -0.384 e. The lowest BCUT2D eigenvalue weighted by Crippen LogP contribution is -2.17. The second kappa shape index (κ2) is 4.46. The highest BCUT2D eigenvalue weighted by Crippen LogP contribution is 2.21. The number of nitrogens with two attached hydrogens (primary N) is 1. The van der Waals surface area contributed by atoms with Crippen molar-refractivity contribution in [2.24, 2.45) is 5.73 Å². The van der Waals surface area contributed by atoms with Crippen molar-refractivity contribution in [1.82, 2.24) is 0 Å². The molecular weight excluding hydrogens is 242 g/mol. The number of halogens is 1. The second-order valence-electron chi connectivity index (χ2n) is 3.40. The van der Waals surface area contributed by atoms with Crippen LogP contribution in [-0.2, 0) is 0 Å². The van der Waals surface area contributed by atoms with E-state index in [-0.39, 0.29) is 5.84 Å². The van der Waals surface area contributed by atoms with E-state index < -0.39 is 0 Å². The molecule has 0 aliphatic heterocycles. The van der Waals surface area contributed by atoms with Gasteiger partial charge in [-0.05, 0) is 32.0 Å². The monoisotopic (exact) mass is 255 g/mol. The summed E-state index contributed by atoms with van der Waals surface area (Å²) in [4.78, 5) is 0. The molecule has 0 heterocycles. The molecular formula is C10H14BrN3. The minimum absolute atomic E-state index is 0.0782. The Morgan fingerprint density at radius 2 is 2.14 bits per heavy atom. The van der Waals surface area contributed by atoms with Gasteiger partial charge in [-0.15, -0.1) is 0 Å². The molecule has 0 unspecified atom stereocenters. The summed E-state index contributed by atoms with van der Waals surface area (Å²) in [7, 11) is 0. The maximum Gasteiger partial charge on any atom is 0.124 e. The Labute approximate surface area is 92.3 Å². The number of benzene rings is 1. The first-order valence-corrected chi connectivity index (χ1v) is 5.20. The van der Waals surface area contributed by atoms with Crippen LogP contribution in [0.5, 0.6) is 0 Å². The molecule has 0 aromatic heterocycles. The Morgan fingerprint density at radius 1 is 1.50 bits per heavy atom. The molecule has 1 aromatic rings. The molecule has 0 atom stereocenters. The van der Waals surface area contributed by atoms with Crippen LogP contribution in [0.15, 0.2) is 22.7 Å². The third kappa shape index (κ3) is 2.73. The molecule has 0 saturated heterocycles. The van der Waals surface area contributed by atoms with Gasteiger partial charge in [-0.1, -0.05) is 15.9 Å². The molecule has 0 bridgehead atoms. The van der Waals surface area contributed by atoms with Gasteiger partial charge in [0.15, 0.2) is 0 Å². The zero-order valence-corrected chi connectivity index (χ0v) is 9.85. The van der Waals surface area contributed by atoms with Gasteiger partial charge in [0.05, 0.1) is 0 Å². The first-order chi connectivity index (χ1) is 6.50. The van der Waals surface area contributed by atoms with Gasteiger partial charge in [-0.3, -0.25) is 5.41 Å². The number of nitrogens with one attached hydrogen (secondary N) is 2. The molecule has 0 saturated carbocycles. The fourth-order valence-corrected chi connectivity index (χ4v) is 1.54. The fraction of sp³-hybridized carbons (Fsp3) is 0.300. The van der Waals surface area contributed by atoms with E-state index in [1.54, 1.807) is 0 Å². The molecule has 3 nitrogen and oxygen atoms in total. The van der Waals surface area contributed by atoms with Gasteiger partial charge in [0.2, 0.25) is 0 Å². The number of hydrogen-bond donors (Lipinski definition) is 3. The normalized spacial score (nSPS) is 10.3. The lowest BCUT2D eigenvalue weighted by molar-refractivity contribution is 0.899. The van der Waals surface area contributed by atoms with E-state index in [0.29, 0.717) is 6.04 Å². The minimum atomic E-state index is 0.0782. The lowest BCUT2D eigenvalue weighted by Gasteiger charge is -2.14. The van der Waals surface area contributed by atoms with Gasteiger partial charge in [-0.25, -0.2) is 0 Å². The molecule has 76 valence electrons. The van der Waals surface area contributed by atoms with Gasteiger partial charge >= 0.3 is 0 Å². The van der Waals surface area contributed by atoms with Gasteiger partial charge in [0.1, 0.15) is 5.84 Å². The topological polar surface area (TPSA) is 61.9 Å². The molecule has 14 heavy (non-hydrogen) atoms. The third-order valence-corrected chi connectivity index (χ3v) is 2.21. The van der Waals surface area contributed by atoms with E-state index in [2.05, 4.69) is 21.2 Å². The summed E-state index contributed by atoms with van der Waals surface area (Å²) in [5.74, 6) is 0.0782. The Balaban J connectivity index is 3.08. The van der Waals surface area contributed by atoms with E-state index in [4.69, 9.17) is 11.1 Å². The summed E-state index contributed by atoms with van der Waals surface area (Å²) in [5.41, 5.74) is 7.11. The average molecular weight is 256 g/mol. The first-order valence-electron chi connectivity index (χ1n) is 4.41. The number of amidine groups is 1. The van der Waals surface area contributed by atoms with Crippen molar-refractivity contribution in [3.8, 4) is 0 Å². The van der Waals surface area contributed by atoms with Crippen LogP contribution in [0.1, 0.15) is 19.4 Å². The molecule has 1 rings (SSSR count). The summed E-state index contributed by atoms with van der Waals surface area (Å²) in [6.07, 6.45) is 0. The maximum absolute atomic E-state index is 7.43. The van der Waals surface area contributed by atoms with Crippen molar-refractivity contribution >= 4 is 27.5 Å². The number of hydrogen-bond acceptors (Lipinski definition) is 2.